The highest BCUT2D eigenvalue weighted by atomic mass is 16.7. The summed E-state index contributed by atoms with van der Waals surface area (Å²) in [5.74, 6) is 0. The van der Waals surface area contributed by atoms with Gasteiger partial charge < -0.3 is 14.6 Å². The number of hydrogen-bond acceptors (Lipinski definition) is 3. The second-order valence-electron chi connectivity index (χ2n) is 7.40. The summed E-state index contributed by atoms with van der Waals surface area (Å²) in [6.07, 6.45) is 4.99. The van der Waals surface area contributed by atoms with E-state index in [1.54, 1.807) is 0 Å². The van der Waals surface area contributed by atoms with Gasteiger partial charge in [-0.25, -0.2) is 0 Å². The van der Waals surface area contributed by atoms with Crippen LogP contribution in [0, 0.1) is 19.3 Å². The van der Waals surface area contributed by atoms with Gasteiger partial charge in [0.25, 0.3) is 0 Å². The quantitative estimate of drug-likeness (QED) is 0.865. The van der Waals surface area contributed by atoms with Gasteiger partial charge in [0.05, 0.1) is 19.3 Å². The summed E-state index contributed by atoms with van der Waals surface area (Å²) >= 11 is 0. The number of aryl methyl sites for hydroxylation is 2. The Morgan fingerprint density at radius 1 is 1.26 bits per heavy atom. The first-order valence-corrected chi connectivity index (χ1v) is 8.53. The highest BCUT2D eigenvalue weighted by molar-refractivity contribution is 5.59. The maximum absolute atomic E-state index is 10.5. The summed E-state index contributed by atoms with van der Waals surface area (Å²) in [4.78, 5) is 0. The maximum Gasteiger partial charge on any atom is 0.177 e. The fourth-order valence-electron chi connectivity index (χ4n) is 2.94. The number of ether oxygens (including phenoxy) is 2. The first-order chi connectivity index (χ1) is 10.8. The van der Waals surface area contributed by atoms with E-state index in [9.17, 15) is 5.11 Å². The maximum atomic E-state index is 10.5. The third-order valence-corrected chi connectivity index (χ3v) is 4.18. The van der Waals surface area contributed by atoms with Gasteiger partial charge in [0.1, 0.15) is 0 Å². The SMILES string of the molecule is CCCC(O)c1cc(C)cc(C)c1/C=C/C1OCC(C)(C)CO1. The molecule has 0 aromatic heterocycles. The minimum atomic E-state index is -0.426. The molecule has 0 bridgehead atoms. The van der Waals surface area contributed by atoms with Gasteiger partial charge in [-0.3, -0.25) is 0 Å². The van der Waals surface area contributed by atoms with Gasteiger partial charge in [-0.2, -0.15) is 0 Å². The van der Waals surface area contributed by atoms with E-state index >= 15 is 0 Å². The van der Waals surface area contributed by atoms with Crippen molar-refractivity contribution in [3.05, 3.63) is 40.5 Å². The van der Waals surface area contributed by atoms with Crippen LogP contribution in [-0.4, -0.2) is 24.6 Å². The lowest BCUT2D eigenvalue weighted by Gasteiger charge is -2.33. The number of hydrogen-bond donors (Lipinski definition) is 1. The molecule has 2 rings (SSSR count). The van der Waals surface area contributed by atoms with Gasteiger partial charge in [-0.1, -0.05) is 51.0 Å². The van der Waals surface area contributed by atoms with Gasteiger partial charge in [-0.15, -0.1) is 0 Å². The largest absolute Gasteiger partial charge is 0.388 e. The monoisotopic (exact) mass is 318 g/mol. The minimum absolute atomic E-state index is 0.0760. The molecule has 1 aliphatic heterocycles. The zero-order valence-electron chi connectivity index (χ0n) is 15.1. The molecule has 0 radical (unpaired) electrons. The van der Waals surface area contributed by atoms with Crippen LogP contribution < -0.4 is 0 Å². The van der Waals surface area contributed by atoms with E-state index in [0.717, 1.165) is 24.0 Å². The molecule has 23 heavy (non-hydrogen) atoms. The molecule has 0 aliphatic carbocycles. The van der Waals surface area contributed by atoms with E-state index in [1.165, 1.54) is 11.1 Å². The molecule has 1 heterocycles. The second-order valence-corrected chi connectivity index (χ2v) is 7.40. The van der Waals surface area contributed by atoms with E-state index in [1.807, 2.05) is 12.2 Å². The Morgan fingerprint density at radius 2 is 1.91 bits per heavy atom. The fourth-order valence-corrected chi connectivity index (χ4v) is 2.94. The van der Waals surface area contributed by atoms with Crippen molar-refractivity contribution in [2.45, 2.75) is 59.9 Å². The fraction of sp³-hybridized carbons (Fsp3) is 0.600. The topological polar surface area (TPSA) is 38.7 Å². The molecule has 0 saturated carbocycles. The Hall–Kier alpha value is -1.16. The predicted molar refractivity (Wildman–Crippen MR) is 94.3 cm³/mol. The third kappa shape index (κ3) is 4.90. The van der Waals surface area contributed by atoms with Crippen molar-refractivity contribution in [3.8, 4) is 0 Å². The molecule has 1 unspecified atom stereocenters. The highest BCUT2D eigenvalue weighted by Gasteiger charge is 2.27. The number of aliphatic hydroxyl groups is 1. The lowest BCUT2D eigenvalue weighted by molar-refractivity contribution is -0.197. The van der Waals surface area contributed by atoms with Crippen LogP contribution in [0.4, 0.5) is 0 Å². The van der Waals surface area contributed by atoms with Crippen molar-refractivity contribution in [1.29, 1.82) is 0 Å². The second kappa shape index (κ2) is 7.61. The van der Waals surface area contributed by atoms with E-state index in [4.69, 9.17) is 9.47 Å². The Balaban J connectivity index is 2.20. The van der Waals surface area contributed by atoms with Crippen LogP contribution in [0.25, 0.3) is 6.08 Å². The Labute approximate surface area is 140 Å². The Bertz CT molecular complexity index is 550. The summed E-state index contributed by atoms with van der Waals surface area (Å²) in [6.45, 7) is 11.9. The normalized spacial score (nSPS) is 20.1. The molecule has 1 aromatic carbocycles. The van der Waals surface area contributed by atoms with Crippen LogP contribution in [0.1, 0.15) is 62.0 Å². The van der Waals surface area contributed by atoms with Crippen molar-refractivity contribution >= 4 is 6.08 Å². The van der Waals surface area contributed by atoms with Crippen molar-refractivity contribution in [3.63, 3.8) is 0 Å². The van der Waals surface area contributed by atoms with Gasteiger partial charge in [0.15, 0.2) is 6.29 Å². The van der Waals surface area contributed by atoms with Gasteiger partial charge in [-0.05, 0) is 43.0 Å². The average Bonchev–Trinajstić information content (AvgIpc) is 2.47. The molecule has 3 nitrogen and oxygen atoms in total. The van der Waals surface area contributed by atoms with Gasteiger partial charge >= 0.3 is 0 Å². The molecular weight excluding hydrogens is 288 g/mol. The molecule has 1 aliphatic rings. The lowest BCUT2D eigenvalue weighted by atomic mass is 9.93. The summed E-state index contributed by atoms with van der Waals surface area (Å²) in [6, 6.07) is 4.23. The number of aliphatic hydroxyl groups excluding tert-OH is 1. The van der Waals surface area contributed by atoms with E-state index in [0.29, 0.717) is 13.2 Å². The smallest absolute Gasteiger partial charge is 0.177 e. The Morgan fingerprint density at radius 3 is 2.52 bits per heavy atom. The van der Waals surface area contributed by atoms with Crippen molar-refractivity contribution in [2.24, 2.45) is 5.41 Å². The van der Waals surface area contributed by atoms with E-state index < -0.39 is 6.10 Å². The first-order valence-electron chi connectivity index (χ1n) is 8.53. The molecule has 1 fully saturated rings. The van der Waals surface area contributed by atoms with Crippen LogP contribution in [0.3, 0.4) is 0 Å². The molecule has 0 spiro atoms. The van der Waals surface area contributed by atoms with Crippen molar-refractivity contribution < 1.29 is 14.6 Å². The first kappa shape index (κ1) is 18.2. The van der Waals surface area contributed by atoms with E-state index in [2.05, 4.69) is 46.8 Å². The standard InChI is InChI=1S/C20H30O3/c1-6-7-18(21)17-11-14(2)10-15(3)16(17)8-9-19-22-12-20(4,5)13-23-19/h8-11,18-19,21H,6-7,12-13H2,1-5H3/b9-8+. The summed E-state index contributed by atoms with van der Waals surface area (Å²) in [7, 11) is 0. The van der Waals surface area contributed by atoms with Crippen molar-refractivity contribution in [2.75, 3.05) is 13.2 Å². The van der Waals surface area contributed by atoms with Gasteiger partial charge in [0.2, 0.25) is 0 Å². The van der Waals surface area contributed by atoms with Crippen LogP contribution in [0.5, 0.6) is 0 Å². The third-order valence-electron chi connectivity index (χ3n) is 4.18. The van der Waals surface area contributed by atoms with Crippen LogP contribution >= 0.6 is 0 Å². The molecule has 1 saturated heterocycles. The number of benzene rings is 1. The highest BCUT2D eigenvalue weighted by Crippen LogP contribution is 2.29. The lowest BCUT2D eigenvalue weighted by Crippen LogP contribution is -2.36. The number of rotatable bonds is 5. The average molecular weight is 318 g/mol. The molecule has 3 heteroatoms. The summed E-state index contributed by atoms with van der Waals surface area (Å²) in [5.41, 5.74) is 4.50. The van der Waals surface area contributed by atoms with Crippen molar-refractivity contribution in [1.82, 2.24) is 0 Å². The molecule has 1 atom stereocenters. The minimum Gasteiger partial charge on any atom is -0.388 e. The molecule has 0 amide bonds. The van der Waals surface area contributed by atoms with Crippen LogP contribution in [-0.2, 0) is 9.47 Å². The molecular formula is C20H30O3. The van der Waals surface area contributed by atoms with Crippen LogP contribution in [0.2, 0.25) is 0 Å². The summed E-state index contributed by atoms with van der Waals surface area (Å²) < 4.78 is 11.5. The Kier molecular flexibility index (Phi) is 6.01. The summed E-state index contributed by atoms with van der Waals surface area (Å²) in [5, 5.41) is 10.5. The predicted octanol–water partition coefficient (Wildman–Crippen LogP) is 4.55. The molecule has 1 N–H and O–H groups in total. The van der Waals surface area contributed by atoms with Gasteiger partial charge in [0, 0.05) is 5.41 Å². The zero-order valence-corrected chi connectivity index (χ0v) is 15.1. The molecule has 128 valence electrons. The van der Waals surface area contributed by atoms with E-state index in [-0.39, 0.29) is 11.7 Å². The molecule has 1 aromatic rings. The zero-order chi connectivity index (χ0) is 17.0. The van der Waals surface area contributed by atoms with Crippen LogP contribution in [0.15, 0.2) is 18.2 Å².